The second kappa shape index (κ2) is 7.26. The topological polar surface area (TPSA) is 84.2 Å². The van der Waals surface area contributed by atoms with Crippen molar-refractivity contribution >= 4 is 27.2 Å². The highest BCUT2D eigenvalue weighted by Crippen LogP contribution is 2.24. The lowest BCUT2D eigenvalue weighted by Crippen LogP contribution is -2.48. The fourth-order valence-corrected chi connectivity index (χ4v) is 5.93. The van der Waals surface area contributed by atoms with Gasteiger partial charge in [0.2, 0.25) is 0 Å². The number of anilines is 1. The molecule has 0 unspecified atom stereocenters. The molecule has 0 radical (unpaired) electrons. The van der Waals surface area contributed by atoms with E-state index >= 15 is 0 Å². The zero-order valence-electron chi connectivity index (χ0n) is 16.0. The Morgan fingerprint density at radius 3 is 2.32 bits per heavy atom. The summed E-state index contributed by atoms with van der Waals surface area (Å²) in [6.07, 6.45) is 0. The van der Waals surface area contributed by atoms with Gasteiger partial charge in [0, 0.05) is 37.9 Å². The van der Waals surface area contributed by atoms with Gasteiger partial charge in [0.05, 0.1) is 5.69 Å². The molecular formula is C18H22N6O2S2. The standard InChI is InChI=1S/C18H22N6O2S2/c1-13-11-14(2)24(21-13)17-12-16(19-15(3)20-17)22-6-8-23(9-7-22)28(25,26)18-5-4-10-27-18/h4-5,10-12H,6-9H2,1-3H3. The molecule has 3 aromatic rings. The zero-order chi connectivity index (χ0) is 19.9. The van der Waals surface area contributed by atoms with E-state index in [0.717, 1.165) is 23.0 Å². The number of hydrogen-bond acceptors (Lipinski definition) is 7. The van der Waals surface area contributed by atoms with E-state index in [0.29, 0.717) is 36.2 Å². The van der Waals surface area contributed by atoms with Crippen molar-refractivity contribution in [1.29, 1.82) is 0 Å². The van der Waals surface area contributed by atoms with E-state index in [1.807, 2.05) is 37.6 Å². The van der Waals surface area contributed by atoms with Crippen LogP contribution < -0.4 is 4.90 Å². The first-order valence-corrected chi connectivity index (χ1v) is 11.3. The summed E-state index contributed by atoms with van der Waals surface area (Å²) in [5.41, 5.74) is 1.94. The summed E-state index contributed by atoms with van der Waals surface area (Å²) in [5, 5.41) is 6.29. The van der Waals surface area contributed by atoms with Gasteiger partial charge in [-0.2, -0.15) is 9.40 Å². The third kappa shape index (κ3) is 3.54. The Bertz CT molecular complexity index is 1080. The molecule has 0 N–H and O–H groups in total. The normalized spacial score (nSPS) is 15.9. The first-order chi connectivity index (χ1) is 13.3. The molecule has 1 saturated heterocycles. The molecule has 8 nitrogen and oxygen atoms in total. The van der Waals surface area contributed by atoms with Crippen LogP contribution in [0.1, 0.15) is 17.2 Å². The summed E-state index contributed by atoms with van der Waals surface area (Å²) in [6, 6.07) is 7.33. The lowest BCUT2D eigenvalue weighted by Gasteiger charge is -2.34. The minimum Gasteiger partial charge on any atom is -0.354 e. The van der Waals surface area contributed by atoms with Crippen LogP contribution in [0.5, 0.6) is 0 Å². The van der Waals surface area contributed by atoms with Crippen LogP contribution in [0.15, 0.2) is 33.9 Å². The van der Waals surface area contributed by atoms with Gasteiger partial charge in [-0.05, 0) is 38.3 Å². The van der Waals surface area contributed by atoms with E-state index in [1.54, 1.807) is 21.8 Å². The van der Waals surface area contributed by atoms with Crippen molar-refractivity contribution in [2.24, 2.45) is 0 Å². The number of piperazine rings is 1. The molecular weight excluding hydrogens is 396 g/mol. The van der Waals surface area contributed by atoms with E-state index < -0.39 is 10.0 Å². The SMILES string of the molecule is Cc1cc(C)n(-c2cc(N3CCN(S(=O)(=O)c4cccs4)CC3)nc(C)n2)n1. The molecule has 3 aromatic heterocycles. The van der Waals surface area contributed by atoms with Crippen molar-refractivity contribution in [3.05, 3.63) is 46.9 Å². The Kier molecular flexibility index (Phi) is 4.94. The van der Waals surface area contributed by atoms with Crippen LogP contribution in [0.4, 0.5) is 5.82 Å². The molecule has 0 spiro atoms. The highest BCUT2D eigenvalue weighted by Gasteiger charge is 2.29. The van der Waals surface area contributed by atoms with Gasteiger partial charge in [-0.1, -0.05) is 6.07 Å². The second-order valence-corrected chi connectivity index (χ2v) is 9.91. The summed E-state index contributed by atoms with van der Waals surface area (Å²) in [7, 11) is -3.41. The molecule has 0 aliphatic carbocycles. The maximum absolute atomic E-state index is 12.7. The summed E-state index contributed by atoms with van der Waals surface area (Å²) in [4.78, 5) is 11.2. The summed E-state index contributed by atoms with van der Waals surface area (Å²) >= 11 is 1.25. The molecule has 4 rings (SSSR count). The van der Waals surface area contributed by atoms with Crippen LogP contribution in [-0.2, 0) is 10.0 Å². The predicted octanol–water partition coefficient (Wildman–Crippen LogP) is 2.16. The summed E-state index contributed by atoms with van der Waals surface area (Å²) < 4.78 is 29.2. The first-order valence-electron chi connectivity index (χ1n) is 9.02. The summed E-state index contributed by atoms with van der Waals surface area (Å²) in [6.45, 7) is 7.82. The van der Waals surface area contributed by atoms with Gasteiger partial charge in [0.25, 0.3) is 10.0 Å². The van der Waals surface area contributed by atoms with E-state index in [4.69, 9.17) is 0 Å². The zero-order valence-corrected chi connectivity index (χ0v) is 17.7. The molecule has 0 amide bonds. The number of hydrogen-bond donors (Lipinski definition) is 0. The fraction of sp³-hybridized carbons (Fsp3) is 0.389. The number of thiophene rings is 1. The third-order valence-corrected chi connectivity index (χ3v) is 7.96. The van der Waals surface area contributed by atoms with Gasteiger partial charge in [0.15, 0.2) is 5.82 Å². The lowest BCUT2D eigenvalue weighted by molar-refractivity contribution is 0.384. The highest BCUT2D eigenvalue weighted by atomic mass is 32.2. The van der Waals surface area contributed by atoms with Crippen molar-refractivity contribution in [3.8, 4) is 5.82 Å². The maximum Gasteiger partial charge on any atom is 0.252 e. The number of aryl methyl sites for hydroxylation is 3. The fourth-order valence-electron chi connectivity index (χ4n) is 3.36. The van der Waals surface area contributed by atoms with Crippen LogP contribution in [-0.4, -0.2) is 58.7 Å². The monoisotopic (exact) mass is 418 g/mol. The Labute approximate surface area is 168 Å². The Morgan fingerprint density at radius 1 is 1.00 bits per heavy atom. The van der Waals surface area contributed by atoms with Gasteiger partial charge in [-0.15, -0.1) is 11.3 Å². The molecule has 1 aliphatic heterocycles. The molecule has 0 aromatic carbocycles. The van der Waals surface area contributed by atoms with Crippen LogP contribution in [0.25, 0.3) is 5.82 Å². The second-order valence-electron chi connectivity index (χ2n) is 6.79. The van der Waals surface area contributed by atoms with Gasteiger partial charge in [0.1, 0.15) is 15.9 Å². The van der Waals surface area contributed by atoms with Crippen LogP contribution in [0.3, 0.4) is 0 Å². The van der Waals surface area contributed by atoms with E-state index in [9.17, 15) is 8.42 Å². The molecule has 0 saturated carbocycles. The Balaban J connectivity index is 1.55. The minimum absolute atomic E-state index is 0.394. The molecule has 10 heteroatoms. The quantitative estimate of drug-likeness (QED) is 0.646. The molecule has 148 valence electrons. The summed E-state index contributed by atoms with van der Waals surface area (Å²) in [5.74, 6) is 2.18. The van der Waals surface area contributed by atoms with Gasteiger partial charge in [-0.25, -0.2) is 23.1 Å². The molecule has 28 heavy (non-hydrogen) atoms. The Hall–Kier alpha value is -2.30. The lowest BCUT2D eigenvalue weighted by atomic mass is 10.3. The molecule has 1 fully saturated rings. The maximum atomic E-state index is 12.7. The van der Waals surface area contributed by atoms with Crippen molar-refractivity contribution in [2.75, 3.05) is 31.1 Å². The highest BCUT2D eigenvalue weighted by molar-refractivity contribution is 7.91. The van der Waals surface area contributed by atoms with E-state index in [-0.39, 0.29) is 0 Å². The van der Waals surface area contributed by atoms with Crippen LogP contribution >= 0.6 is 11.3 Å². The minimum atomic E-state index is -3.41. The predicted molar refractivity (Wildman–Crippen MR) is 109 cm³/mol. The largest absolute Gasteiger partial charge is 0.354 e. The number of sulfonamides is 1. The first kappa shape index (κ1) is 19.0. The third-order valence-electron chi connectivity index (χ3n) is 4.69. The van der Waals surface area contributed by atoms with E-state index in [2.05, 4.69) is 20.0 Å². The molecule has 1 aliphatic rings. The van der Waals surface area contributed by atoms with Gasteiger partial charge in [-0.3, -0.25) is 0 Å². The number of aromatic nitrogens is 4. The Morgan fingerprint density at radius 2 is 1.71 bits per heavy atom. The van der Waals surface area contributed by atoms with Gasteiger partial charge < -0.3 is 4.90 Å². The molecule has 0 atom stereocenters. The average molecular weight is 419 g/mol. The smallest absolute Gasteiger partial charge is 0.252 e. The van der Waals surface area contributed by atoms with Crippen molar-refractivity contribution < 1.29 is 8.42 Å². The van der Waals surface area contributed by atoms with Crippen molar-refractivity contribution in [3.63, 3.8) is 0 Å². The number of rotatable bonds is 4. The van der Waals surface area contributed by atoms with Crippen molar-refractivity contribution in [2.45, 2.75) is 25.0 Å². The van der Waals surface area contributed by atoms with E-state index in [1.165, 1.54) is 11.3 Å². The molecule has 4 heterocycles. The average Bonchev–Trinajstić information content (AvgIpc) is 3.31. The van der Waals surface area contributed by atoms with Crippen molar-refractivity contribution in [1.82, 2.24) is 24.1 Å². The number of nitrogens with zero attached hydrogens (tertiary/aromatic N) is 6. The van der Waals surface area contributed by atoms with Crippen LogP contribution in [0, 0.1) is 20.8 Å². The molecule has 0 bridgehead atoms. The van der Waals surface area contributed by atoms with Gasteiger partial charge >= 0.3 is 0 Å². The van der Waals surface area contributed by atoms with Crippen LogP contribution in [0.2, 0.25) is 0 Å².